The van der Waals surface area contributed by atoms with Crippen LogP contribution in [0.3, 0.4) is 0 Å². The molecular weight excluding hydrogens is 218 g/mol. The molecule has 1 rings (SSSR count). The summed E-state index contributed by atoms with van der Waals surface area (Å²) in [4.78, 5) is 13.4. The molecule has 12 heavy (non-hydrogen) atoms. The Kier molecular flexibility index (Phi) is 3.56. The number of alkyl halides is 1. The zero-order valence-electron chi connectivity index (χ0n) is 7.72. The number of halogens is 1. The summed E-state index contributed by atoms with van der Waals surface area (Å²) in [6.45, 7) is 5.09. The first-order valence-corrected chi connectivity index (χ1v) is 5.62. The van der Waals surface area contributed by atoms with Crippen LogP contribution in [0.2, 0.25) is 0 Å². The van der Waals surface area contributed by atoms with Gasteiger partial charge >= 0.3 is 0 Å². The molecule has 1 saturated heterocycles. The fourth-order valence-corrected chi connectivity index (χ4v) is 2.10. The van der Waals surface area contributed by atoms with Gasteiger partial charge in [0.05, 0.1) is 0 Å². The van der Waals surface area contributed by atoms with Gasteiger partial charge in [-0.1, -0.05) is 15.9 Å². The molecule has 0 spiro atoms. The molecule has 0 N–H and O–H groups in total. The second-order valence-corrected chi connectivity index (χ2v) is 4.35. The van der Waals surface area contributed by atoms with Crippen LogP contribution >= 0.6 is 15.9 Å². The number of carbonyl (C=O) groups is 1. The topological polar surface area (TPSA) is 20.3 Å². The van der Waals surface area contributed by atoms with Gasteiger partial charge in [-0.15, -0.1) is 0 Å². The third kappa shape index (κ3) is 2.22. The second kappa shape index (κ2) is 4.26. The number of piperidine rings is 1. The number of hydrogen-bond donors (Lipinski definition) is 0. The van der Waals surface area contributed by atoms with Gasteiger partial charge in [0.25, 0.3) is 0 Å². The lowest BCUT2D eigenvalue weighted by Crippen LogP contribution is -2.44. The van der Waals surface area contributed by atoms with Crippen molar-refractivity contribution in [1.29, 1.82) is 0 Å². The van der Waals surface area contributed by atoms with E-state index in [1.165, 1.54) is 0 Å². The maximum absolute atomic E-state index is 11.4. The molecule has 0 radical (unpaired) electrons. The summed E-state index contributed by atoms with van der Waals surface area (Å²) in [5, 5.41) is 1.02. The predicted molar refractivity (Wildman–Crippen MR) is 53.4 cm³/mol. The molecular formula is C9H16BrNO. The Labute approximate surface area is 82.4 Å². The van der Waals surface area contributed by atoms with E-state index in [-0.39, 0.29) is 0 Å². The van der Waals surface area contributed by atoms with Crippen LogP contribution in [-0.2, 0) is 4.79 Å². The summed E-state index contributed by atoms with van der Waals surface area (Å²) in [5.74, 6) is 0.979. The summed E-state index contributed by atoms with van der Waals surface area (Å²) in [6, 6.07) is 0.361. The van der Waals surface area contributed by atoms with Gasteiger partial charge in [0.2, 0.25) is 5.91 Å². The van der Waals surface area contributed by atoms with E-state index < -0.39 is 0 Å². The molecule has 1 amide bonds. The van der Waals surface area contributed by atoms with Gasteiger partial charge in [0.15, 0.2) is 0 Å². The molecule has 0 aliphatic carbocycles. The van der Waals surface area contributed by atoms with E-state index in [1.807, 2.05) is 4.90 Å². The molecule has 1 aliphatic rings. The van der Waals surface area contributed by atoms with Crippen molar-refractivity contribution in [2.75, 3.05) is 11.9 Å². The number of rotatable bonds is 2. The van der Waals surface area contributed by atoms with Crippen molar-refractivity contribution < 1.29 is 4.79 Å². The molecule has 0 bridgehead atoms. The molecule has 1 atom stereocenters. The molecule has 70 valence electrons. The van der Waals surface area contributed by atoms with Crippen LogP contribution in [0, 0.1) is 5.92 Å². The number of carbonyl (C=O) groups excluding carboxylic acids is 1. The molecule has 0 aromatic rings. The Balaban J connectivity index is 2.53. The Bertz CT molecular complexity index is 170. The van der Waals surface area contributed by atoms with Gasteiger partial charge in [0.1, 0.15) is 0 Å². The van der Waals surface area contributed by atoms with Crippen LogP contribution < -0.4 is 0 Å². The van der Waals surface area contributed by atoms with Gasteiger partial charge in [-0.05, 0) is 26.2 Å². The number of nitrogens with zero attached hydrogens (tertiary/aromatic N) is 1. The Hall–Kier alpha value is -0.0500. The van der Waals surface area contributed by atoms with E-state index in [4.69, 9.17) is 0 Å². The molecule has 2 nitrogen and oxygen atoms in total. The van der Waals surface area contributed by atoms with E-state index in [1.54, 1.807) is 0 Å². The van der Waals surface area contributed by atoms with Crippen molar-refractivity contribution in [3.8, 4) is 0 Å². The second-order valence-electron chi connectivity index (χ2n) is 3.70. The lowest BCUT2D eigenvalue weighted by atomic mass is 9.98. The average Bonchev–Trinajstić information content (AvgIpc) is 2.05. The third-order valence-electron chi connectivity index (χ3n) is 2.38. The quantitative estimate of drug-likeness (QED) is 0.669. The Morgan fingerprint density at radius 2 is 2.33 bits per heavy atom. The van der Waals surface area contributed by atoms with Gasteiger partial charge in [0, 0.05) is 24.3 Å². The highest BCUT2D eigenvalue weighted by Gasteiger charge is 2.26. The van der Waals surface area contributed by atoms with Crippen molar-refractivity contribution in [2.24, 2.45) is 5.92 Å². The molecule has 1 aliphatic heterocycles. The predicted octanol–water partition coefficient (Wildman–Crippen LogP) is 2.03. The first-order valence-electron chi connectivity index (χ1n) is 4.50. The smallest absolute Gasteiger partial charge is 0.222 e. The highest BCUT2D eigenvalue weighted by molar-refractivity contribution is 9.09. The van der Waals surface area contributed by atoms with Crippen molar-refractivity contribution in [3.63, 3.8) is 0 Å². The van der Waals surface area contributed by atoms with E-state index >= 15 is 0 Å². The fourth-order valence-electron chi connectivity index (χ4n) is 1.57. The minimum Gasteiger partial charge on any atom is -0.340 e. The van der Waals surface area contributed by atoms with Crippen molar-refractivity contribution in [3.05, 3.63) is 0 Å². The minimum absolute atomic E-state index is 0.321. The molecule has 1 heterocycles. The minimum atomic E-state index is 0.321. The normalized spacial score (nSPS) is 25.2. The van der Waals surface area contributed by atoms with Crippen LogP contribution in [-0.4, -0.2) is 28.7 Å². The fraction of sp³-hybridized carbons (Fsp3) is 0.889. The van der Waals surface area contributed by atoms with Gasteiger partial charge in [-0.2, -0.15) is 0 Å². The average molecular weight is 234 g/mol. The monoisotopic (exact) mass is 233 g/mol. The summed E-state index contributed by atoms with van der Waals surface area (Å²) in [5.41, 5.74) is 0. The van der Waals surface area contributed by atoms with Crippen molar-refractivity contribution in [1.82, 2.24) is 4.90 Å². The van der Waals surface area contributed by atoms with Gasteiger partial charge in [-0.25, -0.2) is 0 Å². The number of hydrogen-bond acceptors (Lipinski definition) is 1. The van der Waals surface area contributed by atoms with Crippen molar-refractivity contribution in [2.45, 2.75) is 32.7 Å². The molecule has 1 unspecified atom stereocenters. The zero-order valence-corrected chi connectivity index (χ0v) is 9.30. The first-order chi connectivity index (χ1) is 5.65. The van der Waals surface area contributed by atoms with E-state index in [0.717, 1.165) is 24.7 Å². The van der Waals surface area contributed by atoms with Gasteiger partial charge in [-0.3, -0.25) is 4.79 Å². The largest absolute Gasteiger partial charge is 0.340 e. The number of likely N-dealkylation sites (tertiary alicyclic amines) is 1. The molecule has 0 aromatic carbocycles. The maximum Gasteiger partial charge on any atom is 0.222 e. The van der Waals surface area contributed by atoms with Crippen LogP contribution in [0.25, 0.3) is 0 Å². The molecule has 3 heteroatoms. The SMILES string of the molecule is CC(C)N1CC(CBr)CCC1=O. The van der Waals surface area contributed by atoms with Crippen LogP contribution in [0.15, 0.2) is 0 Å². The number of amides is 1. The summed E-state index contributed by atoms with van der Waals surface area (Å²) in [7, 11) is 0. The lowest BCUT2D eigenvalue weighted by Gasteiger charge is -2.34. The molecule has 1 fully saturated rings. The Morgan fingerprint density at radius 3 is 2.83 bits per heavy atom. The van der Waals surface area contributed by atoms with E-state index in [0.29, 0.717) is 17.9 Å². The van der Waals surface area contributed by atoms with Crippen LogP contribution in [0.1, 0.15) is 26.7 Å². The lowest BCUT2D eigenvalue weighted by molar-refractivity contribution is -0.136. The highest BCUT2D eigenvalue weighted by atomic mass is 79.9. The van der Waals surface area contributed by atoms with E-state index in [2.05, 4.69) is 29.8 Å². The Morgan fingerprint density at radius 1 is 1.67 bits per heavy atom. The third-order valence-corrected chi connectivity index (χ3v) is 3.30. The highest BCUT2D eigenvalue weighted by Crippen LogP contribution is 2.20. The van der Waals surface area contributed by atoms with Gasteiger partial charge < -0.3 is 4.90 Å². The maximum atomic E-state index is 11.4. The molecule has 0 saturated carbocycles. The van der Waals surface area contributed by atoms with Crippen LogP contribution in [0.4, 0.5) is 0 Å². The molecule has 0 aromatic heterocycles. The van der Waals surface area contributed by atoms with Crippen molar-refractivity contribution >= 4 is 21.8 Å². The standard InChI is InChI=1S/C9H16BrNO/c1-7(2)11-6-8(5-10)3-4-9(11)12/h7-8H,3-6H2,1-2H3. The van der Waals surface area contributed by atoms with Crippen LogP contribution in [0.5, 0.6) is 0 Å². The zero-order chi connectivity index (χ0) is 9.14. The summed E-state index contributed by atoms with van der Waals surface area (Å²) >= 11 is 3.47. The van der Waals surface area contributed by atoms with E-state index in [9.17, 15) is 4.79 Å². The summed E-state index contributed by atoms with van der Waals surface area (Å²) < 4.78 is 0. The first kappa shape index (κ1) is 10.0. The summed E-state index contributed by atoms with van der Waals surface area (Å²) in [6.07, 6.45) is 1.78.